The molecule has 0 aliphatic carbocycles. The molecule has 0 saturated carbocycles. The molecule has 2 aliphatic heterocycles. The van der Waals surface area contributed by atoms with E-state index in [-0.39, 0.29) is 23.6 Å². The second-order valence-electron chi connectivity index (χ2n) is 8.13. The molecule has 1 saturated heterocycles. The van der Waals surface area contributed by atoms with Gasteiger partial charge in [0.05, 0.1) is 30.2 Å². The van der Waals surface area contributed by atoms with Crippen molar-refractivity contribution in [2.75, 3.05) is 44.0 Å². The van der Waals surface area contributed by atoms with E-state index in [4.69, 9.17) is 19.6 Å². The molecule has 184 valence electrons. The average molecular weight is 487 g/mol. The van der Waals surface area contributed by atoms with Crippen LogP contribution >= 0.6 is 0 Å². The van der Waals surface area contributed by atoms with E-state index in [0.717, 1.165) is 11.1 Å². The average Bonchev–Trinajstić information content (AvgIpc) is 3.33. The molecule has 0 spiro atoms. The zero-order valence-electron chi connectivity index (χ0n) is 19.7. The van der Waals surface area contributed by atoms with Crippen molar-refractivity contribution in [3.05, 3.63) is 77.8 Å². The first-order valence-corrected chi connectivity index (χ1v) is 11.6. The molecule has 0 radical (unpaired) electrons. The molecule has 4 N–H and O–H groups in total. The van der Waals surface area contributed by atoms with Crippen LogP contribution in [0.4, 0.5) is 11.7 Å². The molecule has 3 heterocycles. The number of carbonyl (C=O) groups is 1. The Morgan fingerprint density at radius 2 is 1.86 bits per heavy atom. The Bertz CT molecular complexity index is 1310. The number of aliphatic imine (C=N–C) groups is 1. The molecular weight excluding hydrogens is 460 g/mol. The number of aromatic nitrogens is 2. The van der Waals surface area contributed by atoms with Crippen molar-refractivity contribution in [2.45, 2.75) is 6.17 Å². The van der Waals surface area contributed by atoms with Crippen molar-refractivity contribution in [2.24, 2.45) is 4.99 Å². The smallest absolute Gasteiger partial charge is 0.317 e. The van der Waals surface area contributed by atoms with Crippen LogP contribution < -0.4 is 16.0 Å². The molecule has 36 heavy (non-hydrogen) atoms. The third kappa shape index (κ3) is 4.82. The number of anilines is 2. The molecule has 11 nitrogen and oxygen atoms in total. The number of amidine groups is 1. The predicted molar refractivity (Wildman–Crippen MR) is 136 cm³/mol. The number of amides is 1. The maximum Gasteiger partial charge on any atom is 0.317 e. The molecule has 2 aliphatic rings. The van der Waals surface area contributed by atoms with Crippen LogP contribution in [-0.4, -0.2) is 72.1 Å². The fourth-order valence-corrected chi connectivity index (χ4v) is 4.02. The normalized spacial score (nSPS) is 18.0. The lowest BCUT2D eigenvalue weighted by Crippen LogP contribution is -2.41. The fourth-order valence-electron chi connectivity index (χ4n) is 4.02. The summed E-state index contributed by atoms with van der Waals surface area (Å²) in [5.74, 6) is 0.0306. The van der Waals surface area contributed by atoms with E-state index >= 15 is 0 Å². The Labute approximate surface area is 207 Å². The summed E-state index contributed by atoms with van der Waals surface area (Å²) in [6.45, 7) is 2.29. The number of morpholine rings is 1. The SMILES string of the molecule is CN/C=C(\C(=N)N1CCOCC1)c1nnc(NC2N=C(c3ccccc3)c3ccccc3NC2=O)o1. The van der Waals surface area contributed by atoms with Gasteiger partial charge < -0.3 is 30.0 Å². The van der Waals surface area contributed by atoms with Crippen LogP contribution in [0.1, 0.15) is 17.0 Å². The van der Waals surface area contributed by atoms with Gasteiger partial charge >= 0.3 is 6.01 Å². The van der Waals surface area contributed by atoms with Gasteiger partial charge in [-0.1, -0.05) is 53.6 Å². The summed E-state index contributed by atoms with van der Waals surface area (Å²) in [4.78, 5) is 19.7. The topological polar surface area (TPSA) is 141 Å². The number of hydrogen-bond acceptors (Lipinski definition) is 9. The van der Waals surface area contributed by atoms with Crippen molar-refractivity contribution < 1.29 is 13.9 Å². The summed E-state index contributed by atoms with van der Waals surface area (Å²) in [6, 6.07) is 17.2. The number of benzodiazepines with no additional fused rings is 1. The number of ether oxygens (including phenoxy) is 1. The maximum absolute atomic E-state index is 13.1. The van der Waals surface area contributed by atoms with E-state index in [1.54, 1.807) is 13.2 Å². The van der Waals surface area contributed by atoms with E-state index in [1.165, 1.54) is 0 Å². The first-order chi connectivity index (χ1) is 17.6. The Morgan fingerprint density at radius 3 is 2.64 bits per heavy atom. The quantitative estimate of drug-likeness (QED) is 0.307. The summed E-state index contributed by atoms with van der Waals surface area (Å²) in [7, 11) is 1.73. The lowest BCUT2D eigenvalue weighted by atomic mass is 10.0. The minimum absolute atomic E-state index is 0.0176. The highest BCUT2D eigenvalue weighted by atomic mass is 16.5. The molecule has 11 heteroatoms. The second kappa shape index (κ2) is 10.4. The molecule has 1 fully saturated rings. The Balaban J connectivity index is 1.43. The highest BCUT2D eigenvalue weighted by Gasteiger charge is 2.28. The van der Waals surface area contributed by atoms with Crippen molar-refractivity contribution in [3.63, 3.8) is 0 Å². The third-order valence-electron chi connectivity index (χ3n) is 5.78. The van der Waals surface area contributed by atoms with Crippen molar-refractivity contribution in [1.29, 1.82) is 5.41 Å². The Kier molecular flexibility index (Phi) is 6.72. The molecule has 2 aromatic carbocycles. The van der Waals surface area contributed by atoms with Crippen molar-refractivity contribution in [3.8, 4) is 0 Å². The summed E-state index contributed by atoms with van der Waals surface area (Å²) < 4.78 is 11.2. The second-order valence-corrected chi connectivity index (χ2v) is 8.13. The van der Waals surface area contributed by atoms with Gasteiger partial charge in [0.2, 0.25) is 6.17 Å². The minimum Gasteiger partial charge on any atom is -0.403 e. The summed E-state index contributed by atoms with van der Waals surface area (Å²) >= 11 is 0. The highest BCUT2D eigenvalue weighted by molar-refractivity contribution is 6.20. The molecule has 3 aromatic rings. The van der Waals surface area contributed by atoms with Crippen LogP contribution in [0.15, 0.2) is 70.2 Å². The van der Waals surface area contributed by atoms with E-state index in [1.807, 2.05) is 59.5 Å². The van der Waals surface area contributed by atoms with Gasteiger partial charge in [-0.3, -0.25) is 10.2 Å². The third-order valence-corrected chi connectivity index (χ3v) is 5.78. The summed E-state index contributed by atoms with van der Waals surface area (Å²) in [5.41, 5.74) is 3.44. The van der Waals surface area contributed by atoms with E-state index < -0.39 is 6.17 Å². The van der Waals surface area contributed by atoms with Crippen LogP contribution in [0.2, 0.25) is 0 Å². The maximum atomic E-state index is 13.1. The zero-order chi connectivity index (χ0) is 24.9. The molecule has 1 amide bonds. The van der Waals surface area contributed by atoms with Crippen LogP contribution in [0.5, 0.6) is 0 Å². The minimum atomic E-state index is -1.02. The van der Waals surface area contributed by atoms with Gasteiger partial charge in [-0.05, 0) is 6.07 Å². The van der Waals surface area contributed by atoms with Gasteiger partial charge in [0.1, 0.15) is 5.84 Å². The van der Waals surface area contributed by atoms with Crippen LogP contribution in [0.3, 0.4) is 0 Å². The molecule has 0 bridgehead atoms. The monoisotopic (exact) mass is 486 g/mol. The van der Waals surface area contributed by atoms with Gasteiger partial charge in [0, 0.05) is 37.5 Å². The van der Waals surface area contributed by atoms with Crippen LogP contribution in [0.25, 0.3) is 5.57 Å². The van der Waals surface area contributed by atoms with Gasteiger partial charge in [0.15, 0.2) is 0 Å². The molecule has 5 rings (SSSR count). The number of nitrogens with one attached hydrogen (secondary N) is 4. The lowest BCUT2D eigenvalue weighted by molar-refractivity contribution is -0.116. The van der Waals surface area contributed by atoms with Crippen LogP contribution in [0, 0.1) is 5.41 Å². The fraction of sp³-hybridized carbons (Fsp3) is 0.240. The number of nitrogens with zero attached hydrogens (tertiary/aromatic N) is 4. The number of carbonyl (C=O) groups excluding carboxylic acids is 1. The van der Waals surface area contributed by atoms with Crippen molar-refractivity contribution in [1.82, 2.24) is 20.4 Å². The van der Waals surface area contributed by atoms with Crippen molar-refractivity contribution >= 4 is 34.7 Å². The number of rotatable bonds is 6. The summed E-state index contributed by atoms with van der Waals surface area (Å²) in [5, 5.41) is 25.6. The predicted octanol–water partition coefficient (Wildman–Crippen LogP) is 2.17. The van der Waals surface area contributed by atoms with Gasteiger partial charge in [-0.2, -0.15) is 0 Å². The van der Waals surface area contributed by atoms with E-state index in [0.29, 0.717) is 43.3 Å². The Hall–Kier alpha value is -4.51. The first kappa shape index (κ1) is 23.2. The lowest BCUT2D eigenvalue weighted by Gasteiger charge is -2.29. The number of benzene rings is 2. The number of hydrogen-bond donors (Lipinski definition) is 4. The van der Waals surface area contributed by atoms with E-state index in [9.17, 15) is 4.79 Å². The first-order valence-electron chi connectivity index (χ1n) is 11.6. The molecule has 1 aromatic heterocycles. The van der Waals surface area contributed by atoms with E-state index in [2.05, 4.69) is 26.1 Å². The van der Waals surface area contributed by atoms with Gasteiger partial charge in [-0.25, -0.2) is 4.99 Å². The zero-order valence-corrected chi connectivity index (χ0v) is 19.7. The largest absolute Gasteiger partial charge is 0.403 e. The highest BCUT2D eigenvalue weighted by Crippen LogP contribution is 2.25. The van der Waals surface area contributed by atoms with Gasteiger partial charge in [0.25, 0.3) is 11.8 Å². The van der Waals surface area contributed by atoms with Crippen LogP contribution in [-0.2, 0) is 9.53 Å². The van der Waals surface area contributed by atoms with Gasteiger partial charge in [-0.15, -0.1) is 5.10 Å². The number of fused-ring (bicyclic) bond motifs is 1. The number of para-hydroxylation sites is 1. The Morgan fingerprint density at radius 1 is 1.11 bits per heavy atom. The molecular formula is C25H26N8O3. The molecule has 1 atom stereocenters. The molecule has 1 unspecified atom stereocenters. The standard InChI is InChI=1S/C25H26N8O3/c1-27-15-18(21(26)33-11-13-35-14-12-33)24-31-32-25(36-24)30-22-23(34)28-19-10-6-5-9-17(19)20(29-22)16-7-3-2-4-8-16/h2-10,15,22,26-27H,11-14H2,1H3,(H,28,34)(H,30,32)/b18-15+,26-21?. The summed E-state index contributed by atoms with van der Waals surface area (Å²) in [6.07, 6.45) is 0.617.